The average molecular weight is 272 g/mol. The van der Waals surface area contributed by atoms with Gasteiger partial charge in [0.1, 0.15) is 5.82 Å². The zero-order chi connectivity index (χ0) is 10.8. The van der Waals surface area contributed by atoms with E-state index in [4.69, 9.17) is 0 Å². The first-order valence-corrected chi connectivity index (χ1v) is 5.81. The van der Waals surface area contributed by atoms with Crippen LogP contribution in [-0.2, 0) is 4.79 Å². The topological polar surface area (TPSA) is 20.3 Å². The van der Waals surface area contributed by atoms with Gasteiger partial charge in [0.15, 0.2) is 0 Å². The lowest BCUT2D eigenvalue weighted by Gasteiger charge is -2.29. The zero-order valence-electron chi connectivity index (χ0n) is 8.12. The van der Waals surface area contributed by atoms with Crippen molar-refractivity contribution in [1.29, 1.82) is 0 Å². The highest BCUT2D eigenvalue weighted by atomic mass is 79.9. The highest BCUT2D eigenvalue weighted by molar-refractivity contribution is 9.10. The molecule has 1 amide bonds. The summed E-state index contributed by atoms with van der Waals surface area (Å²) >= 11 is 3.30. The molecule has 1 aromatic carbocycles. The molecule has 2 rings (SSSR count). The molecule has 0 spiro atoms. The highest BCUT2D eigenvalue weighted by Crippen LogP contribution is 2.26. The van der Waals surface area contributed by atoms with E-state index in [1.165, 1.54) is 11.0 Å². The molecule has 1 aliphatic heterocycles. The van der Waals surface area contributed by atoms with E-state index in [1.807, 2.05) is 0 Å². The number of carbonyl (C=O) groups excluding carboxylic acids is 1. The van der Waals surface area contributed by atoms with E-state index in [0.29, 0.717) is 12.2 Å². The summed E-state index contributed by atoms with van der Waals surface area (Å²) in [5, 5.41) is 0. The van der Waals surface area contributed by atoms with Crippen molar-refractivity contribution >= 4 is 27.5 Å². The van der Waals surface area contributed by atoms with Gasteiger partial charge in [-0.3, -0.25) is 4.79 Å². The fraction of sp³-hybridized carbons (Fsp3) is 0.364. The minimum Gasteiger partial charge on any atom is -0.309 e. The molecule has 0 N–H and O–H groups in total. The molecule has 0 aromatic heterocycles. The number of alkyl halides is 1. The molecule has 1 unspecified atom stereocenters. The van der Waals surface area contributed by atoms with Crippen molar-refractivity contribution in [1.82, 2.24) is 0 Å². The van der Waals surface area contributed by atoms with Gasteiger partial charge >= 0.3 is 0 Å². The van der Waals surface area contributed by atoms with Crippen molar-refractivity contribution in [3.63, 3.8) is 0 Å². The van der Waals surface area contributed by atoms with E-state index in [9.17, 15) is 9.18 Å². The van der Waals surface area contributed by atoms with E-state index in [1.54, 1.807) is 18.2 Å². The Bertz CT molecular complexity index is 383. The Morgan fingerprint density at radius 2 is 2.13 bits per heavy atom. The van der Waals surface area contributed by atoms with Crippen molar-refractivity contribution < 1.29 is 9.18 Å². The molecule has 1 fully saturated rings. The maximum atomic E-state index is 13.5. The predicted octanol–water partition coefficient (Wildman–Crippen LogP) is 2.72. The number of hydrogen-bond acceptors (Lipinski definition) is 1. The summed E-state index contributed by atoms with van der Waals surface area (Å²) in [6.07, 6.45) is 1.72. The molecule has 1 aromatic rings. The van der Waals surface area contributed by atoms with Gasteiger partial charge < -0.3 is 4.90 Å². The summed E-state index contributed by atoms with van der Waals surface area (Å²) < 4.78 is 13.5. The Morgan fingerprint density at radius 1 is 1.40 bits per heavy atom. The van der Waals surface area contributed by atoms with Crippen LogP contribution in [0, 0.1) is 5.82 Å². The van der Waals surface area contributed by atoms with Gasteiger partial charge in [0.05, 0.1) is 10.5 Å². The molecule has 0 saturated carbocycles. The SMILES string of the molecule is O=C1C(Br)CCCN1c1ccccc1F. The smallest absolute Gasteiger partial charge is 0.240 e. The first-order valence-electron chi connectivity index (χ1n) is 4.90. The third-order valence-corrected chi connectivity index (χ3v) is 3.37. The third kappa shape index (κ3) is 2.04. The van der Waals surface area contributed by atoms with Crippen molar-refractivity contribution in [2.45, 2.75) is 17.7 Å². The number of piperidine rings is 1. The van der Waals surface area contributed by atoms with Crippen LogP contribution in [0.1, 0.15) is 12.8 Å². The third-order valence-electron chi connectivity index (χ3n) is 2.52. The summed E-state index contributed by atoms with van der Waals surface area (Å²) in [5.41, 5.74) is 0.381. The summed E-state index contributed by atoms with van der Waals surface area (Å²) in [4.78, 5) is 13.1. The Morgan fingerprint density at radius 3 is 2.87 bits per heavy atom. The molecule has 1 saturated heterocycles. The Labute approximate surface area is 96.2 Å². The molecular weight excluding hydrogens is 261 g/mol. The number of para-hydroxylation sites is 1. The fourth-order valence-electron chi connectivity index (χ4n) is 1.74. The van der Waals surface area contributed by atoms with Crippen LogP contribution in [0.5, 0.6) is 0 Å². The number of benzene rings is 1. The van der Waals surface area contributed by atoms with Gasteiger partial charge in [0.2, 0.25) is 5.91 Å². The van der Waals surface area contributed by atoms with Crippen LogP contribution in [-0.4, -0.2) is 17.3 Å². The molecule has 1 aliphatic rings. The van der Waals surface area contributed by atoms with E-state index < -0.39 is 0 Å². The Hall–Kier alpha value is -0.900. The van der Waals surface area contributed by atoms with E-state index in [2.05, 4.69) is 15.9 Å². The largest absolute Gasteiger partial charge is 0.309 e. The van der Waals surface area contributed by atoms with Crippen LogP contribution < -0.4 is 4.90 Å². The number of carbonyl (C=O) groups is 1. The average Bonchev–Trinajstić information content (AvgIpc) is 2.23. The number of hydrogen-bond donors (Lipinski definition) is 0. The Balaban J connectivity index is 2.30. The maximum Gasteiger partial charge on any atom is 0.240 e. The molecule has 80 valence electrons. The lowest BCUT2D eigenvalue weighted by atomic mass is 10.1. The molecule has 0 radical (unpaired) electrons. The second-order valence-corrected chi connectivity index (χ2v) is 4.66. The molecule has 4 heteroatoms. The summed E-state index contributed by atoms with van der Waals surface area (Å²) in [5.74, 6) is -0.390. The standard InChI is InChI=1S/C11H11BrFNO/c12-8-4-3-7-14(11(8)15)10-6-2-1-5-9(10)13/h1-2,5-6,8H,3-4,7H2. The number of amides is 1. The van der Waals surface area contributed by atoms with Crippen LogP contribution in [0.3, 0.4) is 0 Å². The molecule has 2 nitrogen and oxygen atoms in total. The molecule has 0 bridgehead atoms. The van der Waals surface area contributed by atoms with Gasteiger partial charge in [-0.25, -0.2) is 4.39 Å². The highest BCUT2D eigenvalue weighted by Gasteiger charge is 2.28. The van der Waals surface area contributed by atoms with Crippen molar-refractivity contribution in [3.8, 4) is 0 Å². The van der Waals surface area contributed by atoms with E-state index >= 15 is 0 Å². The van der Waals surface area contributed by atoms with Gasteiger partial charge in [0.25, 0.3) is 0 Å². The second-order valence-electron chi connectivity index (χ2n) is 3.55. The quantitative estimate of drug-likeness (QED) is 0.720. The zero-order valence-corrected chi connectivity index (χ0v) is 9.71. The minimum atomic E-state index is -0.340. The molecule has 0 aliphatic carbocycles. The normalized spacial score (nSPS) is 21.9. The van der Waals surface area contributed by atoms with Gasteiger partial charge in [-0.1, -0.05) is 28.1 Å². The molecular formula is C11H11BrFNO. The summed E-state index contributed by atoms with van der Waals surface area (Å²) in [6.45, 7) is 0.599. The lowest BCUT2D eigenvalue weighted by molar-refractivity contribution is -0.118. The first-order chi connectivity index (χ1) is 7.20. The van der Waals surface area contributed by atoms with Crippen LogP contribution in [0.2, 0.25) is 0 Å². The fourth-order valence-corrected chi connectivity index (χ4v) is 2.31. The predicted molar refractivity (Wildman–Crippen MR) is 60.7 cm³/mol. The number of anilines is 1. The summed E-state index contributed by atoms with van der Waals surface area (Å²) in [6, 6.07) is 6.38. The van der Waals surface area contributed by atoms with Crippen molar-refractivity contribution in [2.24, 2.45) is 0 Å². The van der Waals surface area contributed by atoms with Crippen LogP contribution in [0.15, 0.2) is 24.3 Å². The van der Waals surface area contributed by atoms with Crippen LogP contribution >= 0.6 is 15.9 Å². The van der Waals surface area contributed by atoms with Gasteiger partial charge in [-0.2, -0.15) is 0 Å². The molecule has 1 heterocycles. The lowest BCUT2D eigenvalue weighted by Crippen LogP contribution is -2.42. The first kappa shape index (κ1) is 10.6. The number of rotatable bonds is 1. The summed E-state index contributed by atoms with van der Waals surface area (Å²) in [7, 11) is 0. The second kappa shape index (κ2) is 4.31. The van der Waals surface area contributed by atoms with Crippen molar-refractivity contribution in [3.05, 3.63) is 30.1 Å². The maximum absolute atomic E-state index is 13.5. The van der Waals surface area contributed by atoms with Crippen molar-refractivity contribution in [2.75, 3.05) is 11.4 Å². The monoisotopic (exact) mass is 271 g/mol. The molecule has 1 atom stereocenters. The van der Waals surface area contributed by atoms with Crippen LogP contribution in [0.4, 0.5) is 10.1 Å². The number of nitrogens with zero attached hydrogens (tertiary/aromatic N) is 1. The van der Waals surface area contributed by atoms with Gasteiger partial charge in [-0.15, -0.1) is 0 Å². The molecule has 15 heavy (non-hydrogen) atoms. The van der Waals surface area contributed by atoms with E-state index in [-0.39, 0.29) is 16.6 Å². The number of halogens is 2. The van der Waals surface area contributed by atoms with Gasteiger partial charge in [0, 0.05) is 6.54 Å². The minimum absolute atomic E-state index is 0.0497. The van der Waals surface area contributed by atoms with E-state index in [0.717, 1.165) is 12.8 Å². The Kier molecular flexibility index (Phi) is 3.05. The van der Waals surface area contributed by atoms with Gasteiger partial charge in [-0.05, 0) is 25.0 Å². The van der Waals surface area contributed by atoms with Crippen LogP contribution in [0.25, 0.3) is 0 Å².